The second kappa shape index (κ2) is 7.41. The highest BCUT2D eigenvalue weighted by Crippen LogP contribution is 2.19. The van der Waals surface area contributed by atoms with Gasteiger partial charge in [0.05, 0.1) is 11.2 Å². The van der Waals surface area contributed by atoms with Crippen molar-refractivity contribution in [1.29, 1.82) is 0 Å². The van der Waals surface area contributed by atoms with Crippen LogP contribution in [0.25, 0.3) is 10.9 Å². The molecule has 1 aromatic carbocycles. The molecule has 4 nitrogen and oxygen atoms in total. The van der Waals surface area contributed by atoms with Crippen LogP contribution in [0.5, 0.6) is 0 Å². The van der Waals surface area contributed by atoms with Crippen LogP contribution in [0.1, 0.15) is 31.9 Å². The third kappa shape index (κ3) is 3.58. The van der Waals surface area contributed by atoms with Crippen LogP contribution in [0.4, 0.5) is 0 Å². The van der Waals surface area contributed by atoms with Gasteiger partial charge in [-0.3, -0.25) is 4.68 Å². The maximum Gasteiger partial charge on any atom is 0.0843 e. The molecule has 2 rings (SSSR count). The predicted molar refractivity (Wildman–Crippen MR) is 84.6 cm³/mol. The summed E-state index contributed by atoms with van der Waals surface area (Å²) in [5, 5.41) is 6.03. The Morgan fingerprint density at radius 1 is 1.20 bits per heavy atom. The Bertz CT molecular complexity index is 532. The van der Waals surface area contributed by atoms with Gasteiger partial charge in [-0.2, -0.15) is 5.10 Å². The molecule has 1 heterocycles. The highest BCUT2D eigenvalue weighted by Gasteiger charge is 2.10. The smallest absolute Gasteiger partial charge is 0.0843 e. The van der Waals surface area contributed by atoms with Gasteiger partial charge in [0.1, 0.15) is 0 Å². The van der Waals surface area contributed by atoms with E-state index in [2.05, 4.69) is 47.8 Å². The van der Waals surface area contributed by atoms with Crippen molar-refractivity contribution in [3.8, 4) is 0 Å². The number of hydrogen-bond acceptors (Lipinski definition) is 3. The second-order valence-corrected chi connectivity index (χ2v) is 5.37. The number of para-hydroxylation sites is 1. The zero-order valence-electron chi connectivity index (χ0n) is 12.7. The number of nitrogens with two attached hydrogens (primary N) is 1. The van der Waals surface area contributed by atoms with Crippen LogP contribution in [-0.4, -0.2) is 34.8 Å². The fraction of sp³-hybridized carbons (Fsp3) is 0.562. The van der Waals surface area contributed by atoms with Crippen LogP contribution in [0.3, 0.4) is 0 Å². The molecule has 0 fully saturated rings. The molecule has 0 saturated carbocycles. The number of nitrogens with zero attached hydrogens (tertiary/aromatic N) is 3. The van der Waals surface area contributed by atoms with Crippen molar-refractivity contribution >= 4 is 10.9 Å². The van der Waals surface area contributed by atoms with Gasteiger partial charge in [-0.1, -0.05) is 24.6 Å². The van der Waals surface area contributed by atoms with Gasteiger partial charge in [-0.25, -0.2) is 0 Å². The number of aromatic nitrogens is 2. The monoisotopic (exact) mass is 274 g/mol. The van der Waals surface area contributed by atoms with E-state index in [1.54, 1.807) is 0 Å². The molecule has 0 amide bonds. The van der Waals surface area contributed by atoms with E-state index in [1.807, 2.05) is 0 Å². The zero-order chi connectivity index (χ0) is 14.4. The first-order valence-electron chi connectivity index (χ1n) is 7.59. The first kappa shape index (κ1) is 15.0. The molecule has 1 aromatic heterocycles. The summed E-state index contributed by atoms with van der Waals surface area (Å²) in [4.78, 5) is 2.35. The Kier molecular flexibility index (Phi) is 5.56. The molecule has 4 heteroatoms. The fourth-order valence-corrected chi connectivity index (χ4v) is 2.59. The topological polar surface area (TPSA) is 47.1 Å². The molecule has 0 radical (unpaired) electrons. The average Bonchev–Trinajstić information content (AvgIpc) is 2.82. The van der Waals surface area contributed by atoms with E-state index in [1.165, 1.54) is 29.4 Å². The van der Waals surface area contributed by atoms with Gasteiger partial charge in [0.2, 0.25) is 0 Å². The first-order chi connectivity index (χ1) is 9.76. The van der Waals surface area contributed by atoms with Crippen LogP contribution < -0.4 is 5.73 Å². The molecule has 0 spiro atoms. The number of rotatable bonds is 8. The lowest BCUT2D eigenvalue weighted by molar-refractivity contribution is 0.313. The molecular formula is C16H26N4. The quantitative estimate of drug-likeness (QED) is 0.753. The molecule has 0 aliphatic heterocycles. The lowest BCUT2D eigenvalue weighted by Gasteiger charge is -2.15. The van der Waals surface area contributed by atoms with E-state index < -0.39 is 0 Å². The zero-order valence-corrected chi connectivity index (χ0v) is 12.7. The second-order valence-electron chi connectivity index (χ2n) is 5.37. The van der Waals surface area contributed by atoms with Gasteiger partial charge >= 0.3 is 0 Å². The van der Waals surface area contributed by atoms with E-state index >= 15 is 0 Å². The van der Waals surface area contributed by atoms with Crippen molar-refractivity contribution < 1.29 is 0 Å². The number of aryl methyl sites for hydroxylation is 1. The minimum atomic E-state index is 0.801. The van der Waals surface area contributed by atoms with E-state index in [9.17, 15) is 0 Å². The third-order valence-corrected chi connectivity index (χ3v) is 3.70. The van der Waals surface area contributed by atoms with Crippen molar-refractivity contribution in [3.63, 3.8) is 0 Å². The van der Waals surface area contributed by atoms with Crippen molar-refractivity contribution in [1.82, 2.24) is 14.7 Å². The number of benzene rings is 1. The molecular weight excluding hydrogens is 248 g/mol. The third-order valence-electron chi connectivity index (χ3n) is 3.70. The summed E-state index contributed by atoms with van der Waals surface area (Å²) < 4.78 is 2.09. The van der Waals surface area contributed by atoms with Gasteiger partial charge in [-0.15, -0.1) is 0 Å². The van der Waals surface area contributed by atoms with Crippen molar-refractivity contribution in [2.45, 2.75) is 39.3 Å². The van der Waals surface area contributed by atoms with Crippen LogP contribution in [0.15, 0.2) is 24.3 Å². The normalized spacial score (nSPS) is 11.6. The summed E-state index contributed by atoms with van der Waals surface area (Å²) in [5.74, 6) is 0. The van der Waals surface area contributed by atoms with E-state index in [0.29, 0.717) is 0 Å². The summed E-state index contributed by atoms with van der Waals surface area (Å²) in [5.41, 5.74) is 7.94. The Labute approximate surface area is 121 Å². The Hall–Kier alpha value is -1.39. The maximum atomic E-state index is 5.52. The largest absolute Gasteiger partial charge is 0.330 e. The van der Waals surface area contributed by atoms with Crippen LogP contribution in [-0.2, 0) is 13.1 Å². The predicted octanol–water partition coefficient (Wildman–Crippen LogP) is 2.62. The average molecular weight is 274 g/mol. The minimum Gasteiger partial charge on any atom is -0.330 e. The van der Waals surface area contributed by atoms with Gasteiger partial charge in [0.25, 0.3) is 0 Å². The highest BCUT2D eigenvalue weighted by molar-refractivity contribution is 5.81. The van der Waals surface area contributed by atoms with E-state index in [0.717, 1.165) is 32.6 Å². The van der Waals surface area contributed by atoms with Crippen molar-refractivity contribution in [3.05, 3.63) is 30.0 Å². The van der Waals surface area contributed by atoms with Gasteiger partial charge in [0, 0.05) is 18.5 Å². The summed E-state index contributed by atoms with van der Waals surface area (Å²) >= 11 is 0. The fourth-order valence-electron chi connectivity index (χ4n) is 2.59. The molecule has 20 heavy (non-hydrogen) atoms. The van der Waals surface area contributed by atoms with Crippen LogP contribution in [0, 0.1) is 0 Å². The Morgan fingerprint density at radius 2 is 2.00 bits per heavy atom. The van der Waals surface area contributed by atoms with Gasteiger partial charge < -0.3 is 10.6 Å². The molecule has 110 valence electrons. The SMILES string of the molecule is CCn1nc(CN(C)CCCCCN)c2ccccc21. The minimum absolute atomic E-state index is 0.801. The summed E-state index contributed by atoms with van der Waals surface area (Å²) in [6, 6.07) is 8.49. The standard InChI is InChI=1S/C16H26N4/c1-3-20-16-10-6-5-9-14(16)15(18-20)13-19(2)12-8-4-7-11-17/h5-6,9-10H,3-4,7-8,11-13,17H2,1-2H3. The molecule has 0 aliphatic carbocycles. The Balaban J connectivity index is 2.02. The van der Waals surface area contributed by atoms with Gasteiger partial charge in [0.15, 0.2) is 0 Å². The molecule has 0 atom stereocenters. The summed E-state index contributed by atoms with van der Waals surface area (Å²) in [6.07, 6.45) is 3.55. The molecule has 0 aliphatic rings. The Morgan fingerprint density at radius 3 is 2.75 bits per heavy atom. The maximum absolute atomic E-state index is 5.52. The summed E-state index contributed by atoms with van der Waals surface area (Å²) in [6.45, 7) is 5.87. The van der Waals surface area contributed by atoms with Crippen LogP contribution in [0.2, 0.25) is 0 Å². The number of unbranched alkanes of at least 4 members (excludes halogenated alkanes) is 2. The summed E-state index contributed by atoms with van der Waals surface area (Å²) in [7, 11) is 2.17. The van der Waals surface area contributed by atoms with Gasteiger partial charge in [-0.05, 0) is 46.0 Å². The molecule has 0 bridgehead atoms. The van der Waals surface area contributed by atoms with E-state index in [-0.39, 0.29) is 0 Å². The van der Waals surface area contributed by atoms with Crippen LogP contribution >= 0.6 is 0 Å². The number of fused-ring (bicyclic) bond motifs is 1. The lowest BCUT2D eigenvalue weighted by Crippen LogP contribution is -2.20. The molecule has 2 aromatic rings. The lowest BCUT2D eigenvalue weighted by atomic mass is 10.2. The molecule has 0 unspecified atom stereocenters. The van der Waals surface area contributed by atoms with Crippen molar-refractivity contribution in [2.24, 2.45) is 5.73 Å². The first-order valence-corrected chi connectivity index (χ1v) is 7.59. The molecule has 0 saturated heterocycles. The highest BCUT2D eigenvalue weighted by atomic mass is 15.3. The molecule has 2 N–H and O–H groups in total. The van der Waals surface area contributed by atoms with E-state index in [4.69, 9.17) is 10.8 Å². The number of hydrogen-bond donors (Lipinski definition) is 1. The van der Waals surface area contributed by atoms with Crippen molar-refractivity contribution in [2.75, 3.05) is 20.1 Å².